The average Bonchev–Trinajstić information content (AvgIpc) is 2.87. The lowest BCUT2D eigenvalue weighted by Gasteiger charge is -2.20. The third-order valence-corrected chi connectivity index (χ3v) is 4.16. The van der Waals surface area contributed by atoms with Gasteiger partial charge >= 0.3 is 0 Å². The van der Waals surface area contributed by atoms with Gasteiger partial charge in [0.25, 0.3) is 0 Å². The van der Waals surface area contributed by atoms with E-state index in [4.69, 9.17) is 5.73 Å². The van der Waals surface area contributed by atoms with Crippen LogP contribution in [0.4, 0.5) is 8.78 Å². The molecule has 2 aromatic rings. The smallest absolute Gasteiger partial charge is 0.126 e. The van der Waals surface area contributed by atoms with Gasteiger partial charge in [0.1, 0.15) is 11.6 Å². The molecule has 1 aliphatic carbocycles. The topological polar surface area (TPSA) is 26.0 Å². The molecule has 1 nitrogen and oxygen atoms in total. The molecule has 0 bridgehead atoms. The number of rotatable bonds is 3. The van der Waals surface area contributed by atoms with E-state index < -0.39 is 5.82 Å². The molecule has 2 N–H and O–H groups in total. The van der Waals surface area contributed by atoms with Crippen LogP contribution in [0.2, 0.25) is 0 Å². The van der Waals surface area contributed by atoms with E-state index in [2.05, 4.69) is 12.1 Å². The van der Waals surface area contributed by atoms with Crippen molar-refractivity contribution in [3.8, 4) is 0 Å². The number of benzene rings is 2. The van der Waals surface area contributed by atoms with Crippen molar-refractivity contribution in [3.63, 3.8) is 0 Å². The van der Waals surface area contributed by atoms with Gasteiger partial charge in [-0.15, -0.1) is 0 Å². The Labute approximate surface area is 117 Å². The number of hydrogen-bond acceptors (Lipinski definition) is 1. The van der Waals surface area contributed by atoms with Crippen molar-refractivity contribution in [1.82, 2.24) is 0 Å². The summed E-state index contributed by atoms with van der Waals surface area (Å²) in [5.74, 6) is -0.567. The van der Waals surface area contributed by atoms with Crippen molar-refractivity contribution in [3.05, 3.63) is 70.8 Å². The molecule has 0 aliphatic heterocycles. The van der Waals surface area contributed by atoms with Crippen molar-refractivity contribution in [2.45, 2.75) is 31.2 Å². The largest absolute Gasteiger partial charge is 0.327 e. The van der Waals surface area contributed by atoms with E-state index >= 15 is 0 Å². The van der Waals surface area contributed by atoms with Crippen LogP contribution in [0.5, 0.6) is 0 Å². The second-order valence-corrected chi connectivity index (χ2v) is 5.45. The molecule has 2 unspecified atom stereocenters. The molecule has 0 amide bonds. The Balaban J connectivity index is 1.81. The highest BCUT2D eigenvalue weighted by molar-refractivity contribution is 5.36. The molecule has 104 valence electrons. The third kappa shape index (κ3) is 2.46. The maximum absolute atomic E-state index is 13.7. The Morgan fingerprint density at radius 2 is 1.95 bits per heavy atom. The van der Waals surface area contributed by atoms with Gasteiger partial charge in [-0.05, 0) is 60.1 Å². The fraction of sp³-hybridized carbons (Fsp3) is 0.294. The van der Waals surface area contributed by atoms with Crippen LogP contribution in [-0.2, 0) is 12.8 Å². The number of nitrogens with two attached hydrogens (primary N) is 1. The Bertz CT molecular complexity index is 624. The van der Waals surface area contributed by atoms with E-state index in [9.17, 15) is 8.78 Å². The normalized spacial score (nSPS) is 18.9. The Hall–Kier alpha value is -1.74. The molecule has 2 aromatic carbocycles. The zero-order valence-corrected chi connectivity index (χ0v) is 11.2. The minimum absolute atomic E-state index is 0.185. The zero-order valence-electron chi connectivity index (χ0n) is 11.2. The molecule has 3 rings (SSSR count). The van der Waals surface area contributed by atoms with Gasteiger partial charge in [0, 0.05) is 6.04 Å². The molecule has 0 heterocycles. The lowest BCUT2D eigenvalue weighted by molar-refractivity contribution is 0.506. The summed E-state index contributed by atoms with van der Waals surface area (Å²) in [6.07, 6.45) is 2.36. The summed E-state index contributed by atoms with van der Waals surface area (Å²) in [6.45, 7) is 0. The van der Waals surface area contributed by atoms with Crippen molar-refractivity contribution >= 4 is 0 Å². The Kier molecular flexibility index (Phi) is 3.53. The van der Waals surface area contributed by atoms with Crippen LogP contribution in [-0.4, -0.2) is 6.04 Å². The van der Waals surface area contributed by atoms with E-state index in [0.717, 1.165) is 18.9 Å². The number of aryl methyl sites for hydroxylation is 1. The zero-order chi connectivity index (χ0) is 14.1. The van der Waals surface area contributed by atoms with Crippen LogP contribution in [0.15, 0.2) is 42.5 Å². The first-order chi connectivity index (χ1) is 9.65. The van der Waals surface area contributed by atoms with Gasteiger partial charge in [0.2, 0.25) is 0 Å². The number of hydrogen-bond donors (Lipinski definition) is 1. The minimum atomic E-state index is -0.416. The lowest BCUT2D eigenvalue weighted by atomic mass is 9.89. The first kappa shape index (κ1) is 13.3. The SMILES string of the molecule is NC(Cc1cc(F)ccc1F)C1CCc2ccccc21. The maximum Gasteiger partial charge on any atom is 0.126 e. The second kappa shape index (κ2) is 5.33. The van der Waals surface area contributed by atoms with Gasteiger partial charge in [-0.1, -0.05) is 24.3 Å². The predicted octanol–water partition coefficient (Wildman–Crippen LogP) is 3.56. The van der Waals surface area contributed by atoms with E-state index in [1.165, 1.54) is 23.3 Å². The standard InChI is InChI=1S/C17H17F2N/c18-13-6-8-16(19)12(9-13)10-17(20)15-7-5-11-3-1-2-4-14(11)15/h1-4,6,8-9,15,17H,5,7,10,20H2. The van der Waals surface area contributed by atoms with Crippen LogP contribution in [0.25, 0.3) is 0 Å². The molecule has 1 aliphatic rings. The first-order valence-corrected chi connectivity index (χ1v) is 6.92. The fourth-order valence-corrected chi connectivity index (χ4v) is 3.13. The molecule has 2 atom stereocenters. The summed E-state index contributed by atoms with van der Waals surface area (Å²) in [5.41, 5.74) is 9.21. The minimum Gasteiger partial charge on any atom is -0.327 e. The van der Waals surface area contributed by atoms with Crippen molar-refractivity contribution < 1.29 is 8.78 Å². The second-order valence-electron chi connectivity index (χ2n) is 5.45. The molecule has 20 heavy (non-hydrogen) atoms. The van der Waals surface area contributed by atoms with Gasteiger partial charge in [-0.2, -0.15) is 0 Å². The average molecular weight is 273 g/mol. The highest BCUT2D eigenvalue weighted by atomic mass is 19.1. The summed E-state index contributed by atoms with van der Waals surface area (Å²) in [5, 5.41) is 0. The van der Waals surface area contributed by atoms with E-state index in [-0.39, 0.29) is 17.8 Å². The van der Waals surface area contributed by atoms with Crippen molar-refractivity contribution in [2.75, 3.05) is 0 Å². The highest BCUT2D eigenvalue weighted by Crippen LogP contribution is 2.35. The van der Waals surface area contributed by atoms with E-state index in [1.807, 2.05) is 12.1 Å². The van der Waals surface area contributed by atoms with Gasteiger partial charge in [-0.25, -0.2) is 8.78 Å². The maximum atomic E-state index is 13.7. The molecular weight excluding hydrogens is 256 g/mol. The highest BCUT2D eigenvalue weighted by Gasteiger charge is 2.27. The number of halogens is 2. The third-order valence-electron chi connectivity index (χ3n) is 4.16. The molecule has 0 saturated heterocycles. The van der Waals surface area contributed by atoms with Gasteiger partial charge < -0.3 is 5.73 Å². The molecule has 0 aromatic heterocycles. The summed E-state index contributed by atoms with van der Waals surface area (Å²) in [6, 6.07) is 11.6. The van der Waals surface area contributed by atoms with Gasteiger partial charge in [0.05, 0.1) is 0 Å². The molecular formula is C17H17F2N. The van der Waals surface area contributed by atoms with E-state index in [0.29, 0.717) is 12.0 Å². The summed E-state index contributed by atoms with van der Waals surface area (Å²) >= 11 is 0. The molecule has 0 radical (unpaired) electrons. The van der Waals surface area contributed by atoms with Crippen LogP contribution in [0.1, 0.15) is 29.0 Å². The summed E-state index contributed by atoms with van der Waals surface area (Å²) < 4.78 is 26.9. The van der Waals surface area contributed by atoms with Crippen molar-refractivity contribution in [1.29, 1.82) is 0 Å². The Morgan fingerprint density at radius 1 is 1.15 bits per heavy atom. The van der Waals surface area contributed by atoms with Crippen molar-refractivity contribution in [2.24, 2.45) is 5.73 Å². The number of fused-ring (bicyclic) bond motifs is 1. The van der Waals surface area contributed by atoms with Crippen LogP contribution in [0.3, 0.4) is 0 Å². The fourth-order valence-electron chi connectivity index (χ4n) is 3.13. The summed E-state index contributed by atoms with van der Waals surface area (Å²) in [4.78, 5) is 0. The van der Waals surface area contributed by atoms with Crippen LogP contribution >= 0.6 is 0 Å². The monoisotopic (exact) mass is 273 g/mol. The lowest BCUT2D eigenvalue weighted by Crippen LogP contribution is -2.30. The molecule has 3 heteroatoms. The van der Waals surface area contributed by atoms with Gasteiger partial charge in [0.15, 0.2) is 0 Å². The predicted molar refractivity (Wildman–Crippen MR) is 75.5 cm³/mol. The molecule has 0 spiro atoms. The summed E-state index contributed by atoms with van der Waals surface area (Å²) in [7, 11) is 0. The van der Waals surface area contributed by atoms with Crippen LogP contribution in [0, 0.1) is 11.6 Å². The van der Waals surface area contributed by atoms with Gasteiger partial charge in [-0.3, -0.25) is 0 Å². The molecule has 0 fully saturated rings. The molecule has 0 saturated carbocycles. The van der Waals surface area contributed by atoms with E-state index in [1.54, 1.807) is 0 Å². The quantitative estimate of drug-likeness (QED) is 0.909. The Morgan fingerprint density at radius 3 is 2.80 bits per heavy atom. The van der Waals surface area contributed by atoms with Crippen LogP contribution < -0.4 is 5.73 Å². The first-order valence-electron chi connectivity index (χ1n) is 6.92.